The van der Waals surface area contributed by atoms with Crippen LogP contribution in [0.25, 0.3) is 0 Å². The second-order valence-corrected chi connectivity index (χ2v) is 9.99. The van der Waals surface area contributed by atoms with Gasteiger partial charge in [-0.3, -0.25) is 28.9 Å². The van der Waals surface area contributed by atoms with Crippen molar-refractivity contribution < 1.29 is 34.2 Å². The number of hydrogen-bond donors (Lipinski definition) is 4. The van der Waals surface area contributed by atoms with E-state index in [-0.39, 0.29) is 48.7 Å². The number of hydrogen-bond acceptors (Lipinski definition) is 7. The number of carbonyl (C=O) groups excluding carboxylic acids is 5. The second-order valence-electron chi connectivity index (χ2n) is 9.99. The lowest BCUT2D eigenvalue weighted by Gasteiger charge is -2.29. The summed E-state index contributed by atoms with van der Waals surface area (Å²) in [5.41, 5.74) is -0.741. The van der Waals surface area contributed by atoms with Gasteiger partial charge in [0, 0.05) is 37.0 Å². The Balaban J connectivity index is 2.58. The fourth-order valence-corrected chi connectivity index (χ4v) is 3.53. The van der Waals surface area contributed by atoms with Gasteiger partial charge in [0.15, 0.2) is 12.1 Å². The van der Waals surface area contributed by atoms with Gasteiger partial charge in [-0.25, -0.2) is 0 Å². The molecule has 10 nitrogen and oxygen atoms in total. The van der Waals surface area contributed by atoms with E-state index in [1.54, 1.807) is 34.6 Å². The predicted octanol–water partition coefficient (Wildman–Crippen LogP) is 0.804. The SMILES string of the molecule is CC(C)[C@H](NC(=O)CCCCCN1C(=O)C=CC1=O)C(=O)N[C@@H](CCC(O)O)C(=O)C(C)(C)C. The minimum Gasteiger partial charge on any atom is -0.368 e. The number of nitrogens with one attached hydrogen (secondary N) is 2. The van der Waals surface area contributed by atoms with E-state index in [1.165, 1.54) is 12.2 Å². The summed E-state index contributed by atoms with van der Waals surface area (Å²) in [5, 5.41) is 23.8. The van der Waals surface area contributed by atoms with Crippen LogP contribution >= 0.6 is 0 Å². The molecule has 0 saturated heterocycles. The van der Waals surface area contributed by atoms with Crippen molar-refractivity contribution in [2.45, 2.75) is 91.5 Å². The number of aliphatic hydroxyl groups is 2. The highest BCUT2D eigenvalue weighted by Crippen LogP contribution is 2.20. The zero-order valence-electron chi connectivity index (χ0n) is 20.8. The van der Waals surface area contributed by atoms with Gasteiger partial charge in [0.05, 0.1) is 6.04 Å². The molecule has 10 heteroatoms. The number of unbranched alkanes of at least 4 members (excludes halogenated alkanes) is 2. The zero-order valence-corrected chi connectivity index (χ0v) is 20.8. The number of aliphatic hydroxyl groups excluding tert-OH is 1. The van der Waals surface area contributed by atoms with Gasteiger partial charge in [0.1, 0.15) is 6.04 Å². The van der Waals surface area contributed by atoms with E-state index in [1.807, 2.05) is 0 Å². The molecule has 1 aliphatic heterocycles. The Kier molecular flexibility index (Phi) is 11.5. The van der Waals surface area contributed by atoms with Crippen LogP contribution < -0.4 is 10.6 Å². The lowest BCUT2D eigenvalue weighted by molar-refractivity contribution is -0.137. The van der Waals surface area contributed by atoms with Gasteiger partial charge < -0.3 is 20.8 Å². The standard InChI is InChI=1S/C24H39N3O7/c1-15(2)21(23(34)25-16(10-13-20(31)32)22(33)24(3,4)5)26-17(28)9-7-6-8-14-27-18(29)11-12-19(27)30/h11-12,15-16,20-21,31-32H,6-10,13-14H2,1-5H3,(H,25,34)(H,26,28)/t16-,21-/m0/s1. The van der Waals surface area contributed by atoms with E-state index in [9.17, 15) is 34.2 Å². The van der Waals surface area contributed by atoms with E-state index in [2.05, 4.69) is 10.6 Å². The summed E-state index contributed by atoms with van der Waals surface area (Å²) in [6.07, 6.45) is 2.79. The fraction of sp³-hybridized carbons (Fsp3) is 0.708. The van der Waals surface area contributed by atoms with Crippen LogP contribution in [-0.2, 0) is 24.0 Å². The summed E-state index contributed by atoms with van der Waals surface area (Å²) in [5.74, 6) is -1.95. The molecule has 1 rings (SSSR count). The quantitative estimate of drug-likeness (QED) is 0.163. The van der Waals surface area contributed by atoms with Gasteiger partial charge >= 0.3 is 0 Å². The molecule has 0 fully saturated rings. The monoisotopic (exact) mass is 481 g/mol. The molecule has 0 saturated carbocycles. The minimum atomic E-state index is -1.59. The summed E-state index contributed by atoms with van der Waals surface area (Å²) in [4.78, 5) is 62.3. The van der Waals surface area contributed by atoms with Crippen LogP contribution in [0.15, 0.2) is 12.2 Å². The number of amides is 4. The molecule has 0 aromatic rings. The van der Waals surface area contributed by atoms with Crippen molar-refractivity contribution in [3.8, 4) is 0 Å². The lowest BCUT2D eigenvalue weighted by Crippen LogP contribution is -2.55. The Labute approximate surface area is 201 Å². The molecule has 4 N–H and O–H groups in total. The lowest BCUT2D eigenvalue weighted by atomic mass is 9.84. The minimum absolute atomic E-state index is 0.0653. The summed E-state index contributed by atoms with van der Waals surface area (Å²) >= 11 is 0. The first-order chi connectivity index (χ1) is 15.7. The fourth-order valence-electron chi connectivity index (χ4n) is 3.53. The molecule has 0 aliphatic carbocycles. The van der Waals surface area contributed by atoms with Crippen LogP contribution in [0.2, 0.25) is 0 Å². The number of Topliss-reactive ketones (excluding diaryl/α,β-unsaturated/α-hetero) is 1. The third-order valence-electron chi connectivity index (χ3n) is 5.54. The largest absolute Gasteiger partial charge is 0.368 e. The molecular weight excluding hydrogens is 442 g/mol. The second kappa shape index (κ2) is 13.3. The van der Waals surface area contributed by atoms with Crippen molar-refractivity contribution >= 4 is 29.4 Å². The molecular formula is C24H39N3O7. The van der Waals surface area contributed by atoms with Gasteiger partial charge in [-0.2, -0.15) is 0 Å². The van der Waals surface area contributed by atoms with Gasteiger partial charge in [0.2, 0.25) is 11.8 Å². The molecule has 0 aromatic heterocycles. The predicted molar refractivity (Wildman–Crippen MR) is 125 cm³/mol. The highest BCUT2D eigenvalue weighted by molar-refractivity contribution is 6.12. The Bertz CT molecular complexity index is 766. The smallest absolute Gasteiger partial charge is 0.253 e. The summed E-state index contributed by atoms with van der Waals surface area (Å²) < 4.78 is 0. The van der Waals surface area contributed by atoms with Crippen molar-refractivity contribution in [3.63, 3.8) is 0 Å². The van der Waals surface area contributed by atoms with Crippen molar-refractivity contribution in [2.75, 3.05) is 6.54 Å². The summed E-state index contributed by atoms with van der Waals surface area (Å²) in [6.45, 7) is 9.02. The van der Waals surface area contributed by atoms with Crippen LogP contribution in [0, 0.1) is 11.3 Å². The Hall–Kier alpha value is -2.59. The van der Waals surface area contributed by atoms with Crippen LogP contribution in [0.1, 0.15) is 73.1 Å². The van der Waals surface area contributed by atoms with E-state index >= 15 is 0 Å². The highest BCUT2D eigenvalue weighted by Gasteiger charge is 2.33. The number of rotatable bonds is 14. The maximum atomic E-state index is 12.9. The first-order valence-corrected chi connectivity index (χ1v) is 11.8. The first-order valence-electron chi connectivity index (χ1n) is 11.8. The third-order valence-corrected chi connectivity index (χ3v) is 5.54. The maximum Gasteiger partial charge on any atom is 0.253 e. The first kappa shape index (κ1) is 29.4. The average Bonchev–Trinajstić information content (AvgIpc) is 3.04. The van der Waals surface area contributed by atoms with Crippen molar-refractivity contribution in [1.82, 2.24) is 15.5 Å². The van der Waals surface area contributed by atoms with E-state index in [4.69, 9.17) is 0 Å². The molecule has 0 unspecified atom stereocenters. The van der Waals surface area contributed by atoms with Gasteiger partial charge in [-0.05, 0) is 25.2 Å². The van der Waals surface area contributed by atoms with Gasteiger partial charge in [-0.15, -0.1) is 0 Å². The number of ketones is 1. The number of imide groups is 1. The van der Waals surface area contributed by atoms with Gasteiger partial charge in [0.25, 0.3) is 11.8 Å². The maximum absolute atomic E-state index is 12.9. The molecule has 1 heterocycles. The molecule has 4 amide bonds. The van der Waals surface area contributed by atoms with Crippen LogP contribution in [0.4, 0.5) is 0 Å². The normalized spacial score (nSPS) is 15.7. The average molecular weight is 482 g/mol. The molecule has 0 aromatic carbocycles. The van der Waals surface area contributed by atoms with Crippen molar-refractivity contribution in [1.29, 1.82) is 0 Å². The summed E-state index contributed by atoms with van der Waals surface area (Å²) in [6, 6.07) is -1.76. The number of nitrogens with zero attached hydrogens (tertiary/aromatic N) is 1. The van der Waals surface area contributed by atoms with Crippen molar-refractivity contribution in [2.24, 2.45) is 11.3 Å². The molecule has 2 atom stereocenters. The number of carbonyl (C=O) groups is 5. The molecule has 0 bridgehead atoms. The molecule has 1 aliphatic rings. The Morgan fingerprint density at radius 1 is 0.941 bits per heavy atom. The Morgan fingerprint density at radius 3 is 2.03 bits per heavy atom. The molecule has 0 spiro atoms. The van der Waals surface area contributed by atoms with E-state index in [0.29, 0.717) is 25.8 Å². The van der Waals surface area contributed by atoms with Gasteiger partial charge in [-0.1, -0.05) is 41.0 Å². The third kappa shape index (κ3) is 9.72. The van der Waals surface area contributed by atoms with E-state index in [0.717, 1.165) is 4.90 Å². The highest BCUT2D eigenvalue weighted by atomic mass is 16.5. The van der Waals surface area contributed by atoms with E-state index < -0.39 is 29.7 Å². The molecule has 0 radical (unpaired) electrons. The van der Waals surface area contributed by atoms with Crippen molar-refractivity contribution in [3.05, 3.63) is 12.2 Å². The summed E-state index contributed by atoms with van der Waals surface area (Å²) in [7, 11) is 0. The molecule has 34 heavy (non-hydrogen) atoms. The Morgan fingerprint density at radius 2 is 1.53 bits per heavy atom. The topological polar surface area (TPSA) is 153 Å². The van der Waals surface area contributed by atoms with Crippen LogP contribution in [-0.4, -0.2) is 69.4 Å². The molecule has 192 valence electrons. The van der Waals surface area contributed by atoms with Crippen LogP contribution in [0.5, 0.6) is 0 Å². The van der Waals surface area contributed by atoms with Crippen LogP contribution in [0.3, 0.4) is 0 Å². The zero-order chi connectivity index (χ0) is 26.1.